The molecule has 6 rings (SSSR count). The maximum Gasteiger partial charge on any atom is 0.473 e. The van der Waals surface area contributed by atoms with Crippen LogP contribution in [-0.4, -0.2) is 128 Å². The number of unbranched alkanes of at least 4 members (excludes halogenated alkanes) is 3. The Morgan fingerprint density at radius 2 is 1.82 bits per heavy atom. The molecular weight excluding hydrogens is 890 g/mol. The van der Waals surface area contributed by atoms with Gasteiger partial charge < -0.3 is 45.1 Å². The standard InChI is InChI=1S/C44H64FN4O16P/c1-6-7-8-9-10-26(3)61-24-35(54)46-16-17-47-40(57)62-22-31-37(36(55)38(64-31)49-18-14-34(53)48-39(49)56)65-66(59,60)63-23-33(52)44(58)25(2)19-30-29-12-11-27-20-28(50)13-15-41(27,4)43(29,45)32(51)21-42(30,44)5/h13-15,18,20,25-26,29-32,36-38,51,55,58H,6-12,16-17,19,21-24H2,1-5H3,(H,46,54)(H,47,57)(H,59,60)(H,48,53,56)/t25-,26?,29+,30+,31-,32+,36+,37?,38-,41+,42+,43+,44+/m1/s1. The Hall–Kier alpha value is -3.92. The summed E-state index contributed by atoms with van der Waals surface area (Å²) in [5.74, 6) is -4.01. The predicted octanol–water partition coefficient (Wildman–Crippen LogP) is 2.43. The Balaban J connectivity index is 1.08. The Morgan fingerprint density at radius 3 is 2.53 bits per heavy atom. The molecule has 5 aliphatic rings. The summed E-state index contributed by atoms with van der Waals surface area (Å²) >= 11 is 0. The molecule has 0 aromatic carbocycles. The summed E-state index contributed by atoms with van der Waals surface area (Å²) in [5, 5.41) is 40.3. The number of halogens is 1. The number of nitrogens with one attached hydrogen (secondary N) is 3. The van der Waals surface area contributed by atoms with Crippen molar-refractivity contribution < 1.29 is 71.6 Å². The lowest BCUT2D eigenvalue weighted by Crippen LogP contribution is -2.69. The molecule has 20 nitrogen and oxygen atoms in total. The second kappa shape index (κ2) is 20.4. The largest absolute Gasteiger partial charge is 0.473 e. The minimum atomic E-state index is -5.41. The molecule has 0 spiro atoms. The van der Waals surface area contributed by atoms with Crippen molar-refractivity contribution in [3.63, 3.8) is 0 Å². The molecule has 2 heterocycles. The van der Waals surface area contributed by atoms with Gasteiger partial charge in [0, 0.05) is 42.1 Å². The molecule has 22 heteroatoms. The number of phosphoric ester groups is 1. The van der Waals surface area contributed by atoms with E-state index in [1.54, 1.807) is 20.8 Å². The van der Waals surface area contributed by atoms with Crippen LogP contribution in [0.3, 0.4) is 0 Å². The lowest BCUT2D eigenvalue weighted by atomic mass is 9.44. The van der Waals surface area contributed by atoms with Gasteiger partial charge in [-0.2, -0.15) is 0 Å². The van der Waals surface area contributed by atoms with Crippen LogP contribution in [0.1, 0.15) is 98.6 Å². The average Bonchev–Trinajstić information content (AvgIpc) is 3.66. The van der Waals surface area contributed by atoms with E-state index in [1.165, 1.54) is 18.2 Å². The van der Waals surface area contributed by atoms with Gasteiger partial charge in [0.15, 0.2) is 23.5 Å². The van der Waals surface area contributed by atoms with Crippen molar-refractivity contribution in [2.75, 3.05) is 32.9 Å². The lowest BCUT2D eigenvalue weighted by Gasteiger charge is -2.62. The van der Waals surface area contributed by atoms with E-state index < -0.39 is 121 Å². The van der Waals surface area contributed by atoms with Gasteiger partial charge >= 0.3 is 19.6 Å². The number of Topliss-reactive ketones (excluding diaryl/α,β-unsaturated/α-hetero) is 1. The average molecular weight is 955 g/mol. The second-order valence-electron chi connectivity index (χ2n) is 18.8. The number of aromatic amines is 1. The van der Waals surface area contributed by atoms with Crippen LogP contribution in [0, 0.1) is 28.6 Å². The highest BCUT2D eigenvalue weighted by Crippen LogP contribution is 2.71. The molecule has 1 aliphatic heterocycles. The molecule has 0 bridgehead atoms. The number of hydrogen-bond acceptors (Lipinski definition) is 15. The zero-order chi connectivity index (χ0) is 48.4. The Labute approximate surface area is 381 Å². The Morgan fingerprint density at radius 1 is 1.09 bits per heavy atom. The van der Waals surface area contributed by atoms with Gasteiger partial charge in [-0.1, -0.05) is 58.1 Å². The van der Waals surface area contributed by atoms with Gasteiger partial charge in [-0.3, -0.25) is 37.8 Å². The van der Waals surface area contributed by atoms with Gasteiger partial charge in [-0.15, -0.1) is 0 Å². The van der Waals surface area contributed by atoms with Crippen molar-refractivity contribution in [3.8, 4) is 0 Å². The first-order valence-corrected chi connectivity index (χ1v) is 24.2. The molecule has 66 heavy (non-hydrogen) atoms. The SMILES string of the molecule is CCCCCCC(C)OCC(=O)NCCNC(=O)OC[C@H]1O[C@@H](n2ccc(=O)[nH]c2=O)[C@@H](O)C1OP(=O)(O)OCC(=O)[C@@]1(O)[C@H](C)C[C@H]2[C@@H]3CCC4=CC(=O)C=C[C@]4(C)[C@@]3(F)[C@@H](O)C[C@@]21C. The minimum absolute atomic E-state index is 0.0116. The van der Waals surface area contributed by atoms with Gasteiger partial charge in [0.1, 0.15) is 43.7 Å². The summed E-state index contributed by atoms with van der Waals surface area (Å²) in [6.45, 7) is 6.64. The number of rotatable bonds is 20. The fraction of sp³-hybridized carbons (Fsp3) is 0.727. The van der Waals surface area contributed by atoms with E-state index >= 15 is 4.39 Å². The number of allylic oxidation sites excluding steroid dienone is 4. The molecule has 1 saturated heterocycles. The fourth-order valence-corrected chi connectivity index (χ4v) is 12.1. The Kier molecular flexibility index (Phi) is 15.9. The molecule has 4 fully saturated rings. The molecule has 2 amide bonds. The monoisotopic (exact) mass is 954 g/mol. The summed E-state index contributed by atoms with van der Waals surface area (Å²) < 4.78 is 59.0. The minimum Gasteiger partial charge on any atom is -0.447 e. The third-order valence-corrected chi connectivity index (χ3v) is 15.7. The highest BCUT2D eigenvalue weighted by atomic mass is 31.2. The molecular formula is C44H64FN4O16P. The van der Waals surface area contributed by atoms with Gasteiger partial charge in [-0.05, 0) is 69.9 Å². The summed E-state index contributed by atoms with van der Waals surface area (Å²) in [6.07, 6.45) is 0.862. The zero-order valence-electron chi connectivity index (χ0n) is 37.9. The number of H-pyrrole nitrogens is 1. The highest BCUT2D eigenvalue weighted by molar-refractivity contribution is 7.47. The van der Waals surface area contributed by atoms with Crippen molar-refractivity contribution >= 4 is 31.4 Å². The van der Waals surface area contributed by atoms with Crippen LogP contribution in [0.2, 0.25) is 0 Å². The van der Waals surface area contributed by atoms with Gasteiger partial charge in [0.2, 0.25) is 5.91 Å². The van der Waals surface area contributed by atoms with E-state index in [-0.39, 0.29) is 50.8 Å². The number of aliphatic hydroxyl groups excluding tert-OH is 2. The van der Waals surface area contributed by atoms with E-state index in [4.69, 9.17) is 23.3 Å². The quantitative estimate of drug-likeness (QED) is 0.0730. The van der Waals surface area contributed by atoms with Crippen LogP contribution in [0.25, 0.3) is 0 Å². The number of amides is 2. The van der Waals surface area contributed by atoms with Crippen LogP contribution in [0.5, 0.6) is 0 Å². The summed E-state index contributed by atoms with van der Waals surface area (Å²) in [5.41, 5.74) is -8.50. The van der Waals surface area contributed by atoms with Crippen LogP contribution in [0.4, 0.5) is 9.18 Å². The Bertz CT molecular complexity index is 2220. The van der Waals surface area contributed by atoms with Crippen molar-refractivity contribution in [3.05, 3.63) is 56.9 Å². The van der Waals surface area contributed by atoms with E-state index in [2.05, 4.69) is 17.6 Å². The smallest absolute Gasteiger partial charge is 0.447 e. The highest BCUT2D eigenvalue weighted by Gasteiger charge is 2.75. The molecule has 1 aromatic rings. The molecule has 3 saturated carbocycles. The van der Waals surface area contributed by atoms with E-state index in [0.717, 1.165) is 48.9 Å². The third-order valence-electron chi connectivity index (χ3n) is 14.8. The molecule has 7 N–H and O–H groups in total. The number of carbonyl (C=O) groups is 4. The number of aromatic nitrogens is 2. The normalized spacial score (nSPS) is 36.0. The number of aliphatic hydroxyl groups is 3. The number of nitrogens with zero attached hydrogens (tertiary/aromatic N) is 1. The topological polar surface area (TPSA) is 291 Å². The zero-order valence-corrected chi connectivity index (χ0v) is 38.8. The number of hydrogen-bond donors (Lipinski definition) is 7. The van der Waals surface area contributed by atoms with Crippen LogP contribution >= 0.6 is 7.82 Å². The first kappa shape index (κ1) is 51.5. The van der Waals surface area contributed by atoms with E-state index in [0.29, 0.717) is 12.0 Å². The number of ketones is 2. The molecule has 14 atom stereocenters. The van der Waals surface area contributed by atoms with Gasteiger partial charge in [0.25, 0.3) is 5.56 Å². The first-order chi connectivity index (χ1) is 31.0. The molecule has 3 unspecified atom stereocenters. The maximum atomic E-state index is 17.6. The summed E-state index contributed by atoms with van der Waals surface area (Å²) in [6, 6.07) is 0.951. The molecule has 1 aromatic heterocycles. The summed E-state index contributed by atoms with van der Waals surface area (Å²) in [7, 11) is -5.41. The molecule has 368 valence electrons. The van der Waals surface area contributed by atoms with Crippen molar-refractivity contribution in [1.82, 2.24) is 20.2 Å². The molecule has 4 aliphatic carbocycles. The number of fused-ring (bicyclic) bond motifs is 5. The van der Waals surface area contributed by atoms with Gasteiger partial charge in [0.05, 0.1) is 12.2 Å². The van der Waals surface area contributed by atoms with Gasteiger partial charge in [-0.25, -0.2) is 18.5 Å². The van der Waals surface area contributed by atoms with Crippen LogP contribution in [0.15, 0.2) is 45.7 Å². The molecule has 0 radical (unpaired) electrons. The van der Waals surface area contributed by atoms with E-state index in [9.17, 15) is 53.5 Å². The number of carbonyl (C=O) groups excluding carboxylic acids is 4. The number of alkyl carbamates (subject to hydrolysis) is 1. The van der Waals surface area contributed by atoms with Crippen LogP contribution in [-0.2, 0) is 42.2 Å². The number of alkyl halides is 1. The predicted molar refractivity (Wildman–Crippen MR) is 231 cm³/mol. The van der Waals surface area contributed by atoms with Crippen molar-refractivity contribution in [2.45, 2.75) is 140 Å². The first-order valence-electron chi connectivity index (χ1n) is 22.7. The third kappa shape index (κ3) is 9.96. The van der Waals surface area contributed by atoms with Crippen LogP contribution < -0.4 is 21.9 Å². The summed E-state index contributed by atoms with van der Waals surface area (Å²) in [4.78, 5) is 88.6. The number of phosphoric acid groups is 1. The van der Waals surface area contributed by atoms with E-state index in [1.807, 2.05) is 11.9 Å². The number of ether oxygens (including phenoxy) is 3. The lowest BCUT2D eigenvalue weighted by molar-refractivity contribution is -0.219. The maximum absolute atomic E-state index is 17.6. The second-order valence-corrected chi connectivity index (χ2v) is 20.2. The van der Waals surface area contributed by atoms with Crippen molar-refractivity contribution in [1.29, 1.82) is 0 Å². The van der Waals surface area contributed by atoms with Crippen molar-refractivity contribution in [2.24, 2.45) is 28.6 Å². The fourth-order valence-electron chi connectivity index (χ4n) is 11.2.